The van der Waals surface area contributed by atoms with Crippen LogP contribution in [0, 0.1) is 5.92 Å². The van der Waals surface area contributed by atoms with E-state index in [1.807, 2.05) is 31.2 Å². The molecule has 1 heterocycles. The average molecular weight is 421 g/mol. The fraction of sp³-hybridized carbons (Fsp3) is 0.292. The first-order valence-corrected chi connectivity index (χ1v) is 10.3. The number of rotatable bonds is 9. The van der Waals surface area contributed by atoms with Crippen LogP contribution in [0.1, 0.15) is 18.9 Å². The summed E-state index contributed by atoms with van der Waals surface area (Å²) in [5.41, 5.74) is 2.54. The molecule has 3 amide bonds. The van der Waals surface area contributed by atoms with Crippen LogP contribution >= 0.6 is 0 Å². The largest absolute Gasteiger partial charge is 0.484 e. The maximum atomic E-state index is 12.3. The molecule has 7 heteroatoms. The molecule has 2 aromatic carbocycles. The molecular weight excluding hydrogens is 394 g/mol. The Morgan fingerprint density at radius 2 is 1.94 bits per heavy atom. The highest BCUT2D eigenvalue weighted by atomic mass is 16.5. The minimum atomic E-state index is -0.377. The molecule has 1 aliphatic rings. The highest BCUT2D eigenvalue weighted by molar-refractivity contribution is 6.00. The Morgan fingerprint density at radius 1 is 1.19 bits per heavy atom. The fourth-order valence-electron chi connectivity index (χ4n) is 3.46. The van der Waals surface area contributed by atoms with Crippen molar-refractivity contribution in [1.82, 2.24) is 5.32 Å². The summed E-state index contributed by atoms with van der Waals surface area (Å²) in [7, 11) is 0. The molecule has 2 aromatic rings. The Labute approximate surface area is 182 Å². The van der Waals surface area contributed by atoms with Crippen LogP contribution in [0.15, 0.2) is 61.2 Å². The van der Waals surface area contributed by atoms with Crippen molar-refractivity contribution in [1.29, 1.82) is 0 Å². The molecule has 31 heavy (non-hydrogen) atoms. The molecule has 3 rings (SSSR count). The third-order valence-electron chi connectivity index (χ3n) is 5.11. The Hall–Kier alpha value is -3.61. The van der Waals surface area contributed by atoms with Gasteiger partial charge in [0.1, 0.15) is 5.75 Å². The number of anilines is 2. The summed E-state index contributed by atoms with van der Waals surface area (Å²) in [6.45, 7) is 6.20. The first-order valence-electron chi connectivity index (χ1n) is 10.3. The Morgan fingerprint density at radius 3 is 2.65 bits per heavy atom. The summed E-state index contributed by atoms with van der Waals surface area (Å²) >= 11 is 0. The number of hydrogen-bond donors (Lipinski definition) is 2. The molecule has 0 radical (unpaired) electrons. The molecule has 1 fully saturated rings. The second-order valence-electron chi connectivity index (χ2n) is 7.28. The predicted molar refractivity (Wildman–Crippen MR) is 120 cm³/mol. The quantitative estimate of drug-likeness (QED) is 0.610. The monoisotopic (exact) mass is 421 g/mol. The zero-order chi connectivity index (χ0) is 22.2. The number of ether oxygens (including phenoxy) is 1. The van der Waals surface area contributed by atoms with Crippen molar-refractivity contribution in [2.24, 2.45) is 5.92 Å². The van der Waals surface area contributed by atoms with Crippen LogP contribution in [0.2, 0.25) is 0 Å². The third-order valence-corrected chi connectivity index (χ3v) is 5.11. The van der Waals surface area contributed by atoms with Crippen molar-refractivity contribution in [2.75, 3.05) is 29.9 Å². The lowest BCUT2D eigenvalue weighted by atomic mass is 10.1. The number of carbonyl (C=O) groups is 3. The molecule has 1 unspecified atom stereocenters. The van der Waals surface area contributed by atoms with Crippen LogP contribution < -0.4 is 20.3 Å². The molecule has 0 saturated carbocycles. The highest BCUT2D eigenvalue weighted by Gasteiger charge is 2.34. The number of amides is 3. The second kappa shape index (κ2) is 10.4. The van der Waals surface area contributed by atoms with Gasteiger partial charge in [-0.1, -0.05) is 31.2 Å². The zero-order valence-electron chi connectivity index (χ0n) is 17.6. The van der Waals surface area contributed by atoms with Gasteiger partial charge >= 0.3 is 0 Å². The van der Waals surface area contributed by atoms with Gasteiger partial charge in [-0.2, -0.15) is 0 Å². The van der Waals surface area contributed by atoms with Crippen molar-refractivity contribution < 1.29 is 19.1 Å². The van der Waals surface area contributed by atoms with Crippen molar-refractivity contribution in [3.63, 3.8) is 0 Å². The number of nitrogens with one attached hydrogen (secondary N) is 2. The van der Waals surface area contributed by atoms with Gasteiger partial charge in [0.05, 0.1) is 5.92 Å². The maximum absolute atomic E-state index is 12.3. The molecule has 1 atom stereocenters. The highest BCUT2D eigenvalue weighted by Crippen LogP contribution is 2.27. The molecule has 0 aliphatic carbocycles. The number of carbonyl (C=O) groups excluding carboxylic acids is 3. The van der Waals surface area contributed by atoms with Crippen LogP contribution in [0.4, 0.5) is 11.4 Å². The van der Waals surface area contributed by atoms with Gasteiger partial charge in [-0.25, -0.2) is 0 Å². The van der Waals surface area contributed by atoms with E-state index in [4.69, 9.17) is 4.74 Å². The molecule has 162 valence electrons. The molecule has 1 aliphatic heterocycles. The van der Waals surface area contributed by atoms with Gasteiger partial charge in [-0.05, 0) is 42.3 Å². The van der Waals surface area contributed by atoms with Crippen molar-refractivity contribution in [3.8, 4) is 5.75 Å². The summed E-state index contributed by atoms with van der Waals surface area (Å²) in [5.74, 6) is -0.339. The molecule has 2 N–H and O–H groups in total. The standard InChI is InChI=1S/C24H27N3O4/c1-3-13-25-24(30)18-14-23(29)27(15-18)19-9-11-20(12-10-19)31-16-22(28)26-21-8-6-5-7-17(21)4-2/h3,5-12,18H,1,4,13-16H2,2H3,(H,25,30)(H,26,28). The normalized spacial score (nSPS) is 15.5. The predicted octanol–water partition coefficient (Wildman–Crippen LogP) is 2.92. The van der Waals surface area contributed by atoms with Gasteiger partial charge in [-0.3, -0.25) is 14.4 Å². The van der Waals surface area contributed by atoms with E-state index in [0.717, 1.165) is 17.7 Å². The van der Waals surface area contributed by atoms with E-state index in [2.05, 4.69) is 17.2 Å². The summed E-state index contributed by atoms with van der Waals surface area (Å²) in [5, 5.41) is 5.60. The van der Waals surface area contributed by atoms with Crippen LogP contribution in [-0.2, 0) is 20.8 Å². The van der Waals surface area contributed by atoms with Gasteiger partial charge in [0.2, 0.25) is 11.8 Å². The van der Waals surface area contributed by atoms with Gasteiger partial charge in [0.25, 0.3) is 5.91 Å². The smallest absolute Gasteiger partial charge is 0.262 e. The van der Waals surface area contributed by atoms with E-state index in [1.54, 1.807) is 35.2 Å². The Bertz CT molecular complexity index is 956. The number of benzene rings is 2. The van der Waals surface area contributed by atoms with Gasteiger partial charge in [-0.15, -0.1) is 6.58 Å². The van der Waals surface area contributed by atoms with Crippen molar-refractivity contribution >= 4 is 29.1 Å². The summed E-state index contributed by atoms with van der Waals surface area (Å²) < 4.78 is 5.57. The van der Waals surface area contributed by atoms with Crippen molar-refractivity contribution in [2.45, 2.75) is 19.8 Å². The van der Waals surface area contributed by atoms with E-state index in [9.17, 15) is 14.4 Å². The van der Waals surface area contributed by atoms with Crippen molar-refractivity contribution in [3.05, 3.63) is 66.7 Å². The molecule has 0 aromatic heterocycles. The average Bonchev–Trinajstić information content (AvgIpc) is 3.18. The summed E-state index contributed by atoms with van der Waals surface area (Å²) in [6.07, 6.45) is 2.61. The number of nitrogens with zero attached hydrogens (tertiary/aromatic N) is 1. The number of aryl methyl sites for hydroxylation is 1. The lowest BCUT2D eigenvalue weighted by molar-refractivity contribution is -0.126. The number of para-hydroxylation sites is 1. The first-order chi connectivity index (χ1) is 15.0. The van der Waals surface area contributed by atoms with Crippen LogP contribution in [0.25, 0.3) is 0 Å². The van der Waals surface area contributed by atoms with Gasteiger partial charge < -0.3 is 20.3 Å². The van der Waals surface area contributed by atoms with E-state index in [0.29, 0.717) is 24.5 Å². The molecule has 1 saturated heterocycles. The third kappa shape index (κ3) is 5.72. The van der Waals surface area contributed by atoms with E-state index in [1.165, 1.54) is 0 Å². The zero-order valence-corrected chi connectivity index (χ0v) is 17.6. The van der Waals surface area contributed by atoms with E-state index in [-0.39, 0.29) is 36.7 Å². The molecule has 0 spiro atoms. The minimum absolute atomic E-state index is 0.0959. The number of hydrogen-bond acceptors (Lipinski definition) is 4. The Kier molecular flexibility index (Phi) is 7.43. The molecule has 7 nitrogen and oxygen atoms in total. The minimum Gasteiger partial charge on any atom is -0.484 e. The SMILES string of the molecule is C=CCNC(=O)C1CC(=O)N(c2ccc(OCC(=O)Nc3ccccc3CC)cc2)C1. The topological polar surface area (TPSA) is 87.7 Å². The summed E-state index contributed by atoms with van der Waals surface area (Å²) in [6, 6.07) is 14.6. The lowest BCUT2D eigenvalue weighted by Gasteiger charge is -2.17. The first kappa shape index (κ1) is 22.1. The van der Waals surface area contributed by atoms with Crippen LogP contribution in [-0.4, -0.2) is 37.4 Å². The van der Waals surface area contributed by atoms with Crippen LogP contribution in [0.5, 0.6) is 5.75 Å². The fourth-order valence-corrected chi connectivity index (χ4v) is 3.46. The maximum Gasteiger partial charge on any atom is 0.262 e. The Balaban J connectivity index is 1.53. The van der Waals surface area contributed by atoms with Gasteiger partial charge in [0.15, 0.2) is 6.61 Å². The summed E-state index contributed by atoms with van der Waals surface area (Å²) in [4.78, 5) is 38.2. The van der Waals surface area contributed by atoms with E-state index >= 15 is 0 Å². The van der Waals surface area contributed by atoms with Crippen LogP contribution in [0.3, 0.4) is 0 Å². The molecular formula is C24H27N3O4. The lowest BCUT2D eigenvalue weighted by Crippen LogP contribution is -2.32. The van der Waals surface area contributed by atoms with E-state index < -0.39 is 0 Å². The molecule has 0 bridgehead atoms. The second-order valence-corrected chi connectivity index (χ2v) is 7.28. The van der Waals surface area contributed by atoms with Gasteiger partial charge in [0, 0.05) is 30.9 Å².